The first-order valence-corrected chi connectivity index (χ1v) is 7.16. The van der Waals surface area contributed by atoms with Crippen molar-refractivity contribution in [3.8, 4) is 11.1 Å². The molecule has 1 heterocycles. The molecule has 0 aliphatic heterocycles. The normalized spacial score (nSPS) is 10.3. The fourth-order valence-corrected chi connectivity index (χ4v) is 2.28. The van der Waals surface area contributed by atoms with Crippen LogP contribution in [0, 0.1) is 0 Å². The van der Waals surface area contributed by atoms with Crippen LogP contribution in [0.25, 0.3) is 11.1 Å². The highest BCUT2D eigenvalue weighted by Gasteiger charge is 2.05. The highest BCUT2D eigenvalue weighted by Crippen LogP contribution is 2.27. The van der Waals surface area contributed by atoms with Crippen LogP contribution < -0.4 is 11.1 Å². The first kappa shape index (κ1) is 14.7. The number of nitrogens with zero attached hydrogens (tertiary/aromatic N) is 2. The van der Waals surface area contributed by atoms with Gasteiger partial charge < -0.3 is 11.1 Å². The number of carbonyl (C=O) groups is 1. The van der Waals surface area contributed by atoms with Gasteiger partial charge in [0.2, 0.25) is 0 Å². The van der Waals surface area contributed by atoms with Crippen molar-refractivity contribution in [2.24, 2.45) is 0 Å². The van der Waals surface area contributed by atoms with Crippen molar-refractivity contribution in [1.82, 2.24) is 9.97 Å². The summed E-state index contributed by atoms with van der Waals surface area (Å²) in [7, 11) is 0. The molecule has 5 nitrogen and oxygen atoms in total. The summed E-state index contributed by atoms with van der Waals surface area (Å²) < 4.78 is 0. The van der Waals surface area contributed by atoms with E-state index in [9.17, 15) is 4.79 Å². The van der Waals surface area contributed by atoms with Crippen molar-refractivity contribution in [2.45, 2.75) is 6.92 Å². The molecule has 114 valence electrons. The molecule has 1 aromatic heterocycles. The first-order valence-electron chi connectivity index (χ1n) is 7.16. The fourth-order valence-electron chi connectivity index (χ4n) is 2.28. The van der Waals surface area contributed by atoms with Crippen LogP contribution in [-0.4, -0.2) is 15.8 Å². The molecule has 0 fully saturated rings. The summed E-state index contributed by atoms with van der Waals surface area (Å²) in [4.78, 5) is 19.4. The lowest BCUT2D eigenvalue weighted by Crippen LogP contribution is -2.00. The zero-order valence-corrected chi connectivity index (χ0v) is 12.7. The third kappa shape index (κ3) is 3.35. The van der Waals surface area contributed by atoms with Gasteiger partial charge in [-0.25, -0.2) is 9.97 Å². The molecule has 2 aromatic carbocycles. The molecular weight excluding hydrogens is 288 g/mol. The molecular formula is C18H16N4O. The molecule has 0 atom stereocenters. The molecule has 0 spiro atoms. The molecule has 0 aliphatic carbocycles. The van der Waals surface area contributed by atoms with Crippen molar-refractivity contribution >= 4 is 22.8 Å². The minimum atomic E-state index is -0.00525. The van der Waals surface area contributed by atoms with E-state index in [0.29, 0.717) is 11.3 Å². The van der Waals surface area contributed by atoms with Gasteiger partial charge in [-0.3, -0.25) is 4.79 Å². The van der Waals surface area contributed by atoms with E-state index in [1.54, 1.807) is 24.5 Å². The van der Waals surface area contributed by atoms with E-state index in [-0.39, 0.29) is 5.78 Å². The minimum Gasteiger partial charge on any atom is -0.397 e. The van der Waals surface area contributed by atoms with Crippen molar-refractivity contribution in [2.75, 3.05) is 11.1 Å². The van der Waals surface area contributed by atoms with Gasteiger partial charge in [0.25, 0.3) is 0 Å². The number of nitrogen functional groups attached to an aromatic ring is 1. The molecule has 3 rings (SSSR count). The molecule has 23 heavy (non-hydrogen) atoms. The van der Waals surface area contributed by atoms with Crippen LogP contribution in [0.3, 0.4) is 0 Å². The number of benzene rings is 2. The largest absolute Gasteiger partial charge is 0.397 e. The van der Waals surface area contributed by atoms with Gasteiger partial charge in [-0.15, -0.1) is 0 Å². The van der Waals surface area contributed by atoms with Crippen molar-refractivity contribution < 1.29 is 4.79 Å². The Bertz CT molecular complexity index is 847. The number of hydrogen-bond acceptors (Lipinski definition) is 5. The Balaban J connectivity index is 1.88. The van der Waals surface area contributed by atoms with E-state index in [4.69, 9.17) is 5.73 Å². The van der Waals surface area contributed by atoms with Crippen LogP contribution in [0.5, 0.6) is 0 Å². The molecule has 3 aromatic rings. The molecule has 3 N–H and O–H groups in total. The van der Waals surface area contributed by atoms with Gasteiger partial charge in [-0.2, -0.15) is 0 Å². The third-order valence-corrected chi connectivity index (χ3v) is 3.49. The molecule has 5 heteroatoms. The van der Waals surface area contributed by atoms with E-state index in [1.807, 2.05) is 30.3 Å². The highest BCUT2D eigenvalue weighted by molar-refractivity contribution is 5.96. The number of nitrogens with two attached hydrogens (primary N) is 1. The number of anilines is 3. The fraction of sp³-hybridized carbons (Fsp3) is 0.0556. The molecule has 0 unspecified atom stereocenters. The van der Waals surface area contributed by atoms with Gasteiger partial charge in [0, 0.05) is 29.2 Å². The molecule has 0 aliphatic rings. The lowest BCUT2D eigenvalue weighted by atomic mass is 10.1. The summed E-state index contributed by atoms with van der Waals surface area (Å²) >= 11 is 0. The van der Waals surface area contributed by atoms with Crippen molar-refractivity contribution in [3.63, 3.8) is 0 Å². The predicted octanol–water partition coefficient (Wildman–Crippen LogP) is 3.67. The van der Waals surface area contributed by atoms with Crippen LogP contribution in [0.15, 0.2) is 61.2 Å². The molecule has 0 saturated carbocycles. The summed E-state index contributed by atoms with van der Waals surface area (Å²) in [5.74, 6) is -0.00525. The van der Waals surface area contributed by atoms with Crippen LogP contribution in [0.2, 0.25) is 0 Å². The molecule has 0 amide bonds. The van der Waals surface area contributed by atoms with Crippen molar-refractivity contribution in [3.05, 3.63) is 66.7 Å². The Morgan fingerprint density at radius 2 is 1.83 bits per heavy atom. The van der Waals surface area contributed by atoms with Gasteiger partial charge in [0.05, 0.1) is 11.4 Å². The zero-order valence-electron chi connectivity index (χ0n) is 12.7. The number of rotatable bonds is 4. The van der Waals surface area contributed by atoms with Gasteiger partial charge in [-0.05, 0) is 42.8 Å². The maximum absolute atomic E-state index is 11.4. The summed E-state index contributed by atoms with van der Waals surface area (Å²) in [6.07, 6.45) is 5.03. The standard InChI is InChI=1S/C18H16N4O/c1-12(23)13-5-6-18(17(19)8-13)22-16-4-2-3-14(7-16)15-9-20-11-21-10-15/h2-11,22H,19H2,1H3. The monoisotopic (exact) mass is 304 g/mol. The van der Waals surface area contributed by atoms with E-state index >= 15 is 0 Å². The Kier molecular flexibility index (Phi) is 4.01. The van der Waals surface area contributed by atoms with Gasteiger partial charge >= 0.3 is 0 Å². The van der Waals surface area contributed by atoms with E-state index < -0.39 is 0 Å². The summed E-state index contributed by atoms with van der Waals surface area (Å²) in [5, 5.41) is 3.27. The lowest BCUT2D eigenvalue weighted by molar-refractivity contribution is 0.101. The third-order valence-electron chi connectivity index (χ3n) is 3.49. The van der Waals surface area contributed by atoms with Crippen LogP contribution >= 0.6 is 0 Å². The highest BCUT2D eigenvalue weighted by atomic mass is 16.1. The lowest BCUT2D eigenvalue weighted by Gasteiger charge is -2.11. The summed E-state index contributed by atoms with van der Waals surface area (Å²) in [5.41, 5.74) is 10.8. The number of hydrogen-bond donors (Lipinski definition) is 2. The van der Waals surface area contributed by atoms with E-state index in [0.717, 1.165) is 22.5 Å². The average molecular weight is 304 g/mol. The maximum atomic E-state index is 11.4. The van der Waals surface area contributed by atoms with Crippen LogP contribution in [0.4, 0.5) is 17.1 Å². The van der Waals surface area contributed by atoms with E-state index in [1.165, 1.54) is 13.3 Å². The zero-order chi connectivity index (χ0) is 16.2. The van der Waals surface area contributed by atoms with Crippen molar-refractivity contribution in [1.29, 1.82) is 0 Å². The van der Waals surface area contributed by atoms with Gasteiger partial charge in [0.15, 0.2) is 5.78 Å². The van der Waals surface area contributed by atoms with Crippen LogP contribution in [-0.2, 0) is 0 Å². The Morgan fingerprint density at radius 1 is 1.04 bits per heavy atom. The second-order valence-corrected chi connectivity index (χ2v) is 5.19. The van der Waals surface area contributed by atoms with Crippen LogP contribution in [0.1, 0.15) is 17.3 Å². The quantitative estimate of drug-likeness (QED) is 0.568. The Morgan fingerprint density at radius 3 is 2.52 bits per heavy atom. The Hall–Kier alpha value is -3.21. The topological polar surface area (TPSA) is 80.9 Å². The number of Topliss-reactive ketones (excluding diaryl/α,β-unsaturated/α-hetero) is 1. The van der Waals surface area contributed by atoms with Gasteiger partial charge in [-0.1, -0.05) is 12.1 Å². The predicted molar refractivity (Wildman–Crippen MR) is 91.6 cm³/mol. The van der Waals surface area contributed by atoms with Gasteiger partial charge in [0.1, 0.15) is 6.33 Å². The number of carbonyl (C=O) groups excluding carboxylic acids is 1. The second kappa shape index (κ2) is 6.27. The second-order valence-electron chi connectivity index (χ2n) is 5.19. The average Bonchev–Trinajstić information content (AvgIpc) is 2.57. The molecule has 0 radical (unpaired) electrons. The molecule has 0 bridgehead atoms. The molecule has 0 saturated heterocycles. The smallest absolute Gasteiger partial charge is 0.159 e. The Labute approximate surface area is 134 Å². The van der Waals surface area contributed by atoms with E-state index in [2.05, 4.69) is 15.3 Å². The number of aromatic nitrogens is 2. The minimum absolute atomic E-state index is 0.00525. The number of nitrogens with one attached hydrogen (secondary N) is 1. The summed E-state index contributed by atoms with van der Waals surface area (Å²) in [6, 6.07) is 13.1. The summed E-state index contributed by atoms with van der Waals surface area (Å²) in [6.45, 7) is 1.52. The maximum Gasteiger partial charge on any atom is 0.159 e. The SMILES string of the molecule is CC(=O)c1ccc(Nc2cccc(-c3cncnc3)c2)c(N)c1. The first-order chi connectivity index (χ1) is 11.1. The number of ketones is 1.